The largest absolute Gasteiger partial charge is 0.393 e. The number of aliphatic hydroxyl groups is 1. The number of rotatable bonds is 3. The minimum Gasteiger partial charge on any atom is -0.393 e. The second-order valence-electron chi connectivity index (χ2n) is 5.76. The number of benzene rings is 1. The van der Waals surface area contributed by atoms with Crippen molar-refractivity contribution in [3.63, 3.8) is 0 Å². The van der Waals surface area contributed by atoms with E-state index in [4.69, 9.17) is 0 Å². The van der Waals surface area contributed by atoms with E-state index in [-0.39, 0.29) is 11.5 Å². The Morgan fingerprint density at radius 1 is 1.18 bits per heavy atom. The zero-order valence-corrected chi connectivity index (χ0v) is 10.9. The molecule has 1 aromatic carbocycles. The molecule has 2 heteroatoms. The van der Waals surface area contributed by atoms with Gasteiger partial charge in [-0.3, -0.25) is 0 Å². The van der Waals surface area contributed by atoms with Gasteiger partial charge in [-0.25, -0.2) is 0 Å². The Kier molecular flexibility index (Phi) is 3.85. The second-order valence-corrected chi connectivity index (χ2v) is 5.76. The van der Waals surface area contributed by atoms with Crippen molar-refractivity contribution in [1.82, 2.24) is 4.90 Å². The number of nitrogens with zero attached hydrogens (tertiary/aromatic N) is 1. The van der Waals surface area contributed by atoms with Crippen molar-refractivity contribution in [2.75, 3.05) is 19.6 Å². The summed E-state index contributed by atoms with van der Waals surface area (Å²) in [5.41, 5.74) is 1.58. The highest BCUT2D eigenvalue weighted by Gasteiger charge is 2.26. The fourth-order valence-corrected chi connectivity index (χ4v) is 2.62. The van der Waals surface area contributed by atoms with Gasteiger partial charge in [0.1, 0.15) is 0 Å². The minimum atomic E-state index is -0.0777. The molecule has 0 bridgehead atoms. The Morgan fingerprint density at radius 3 is 2.35 bits per heavy atom. The fraction of sp³-hybridized carbons (Fsp3) is 0.600. The van der Waals surface area contributed by atoms with E-state index >= 15 is 0 Å². The lowest BCUT2D eigenvalue weighted by Gasteiger charge is -2.36. The Labute approximate surface area is 104 Å². The lowest BCUT2D eigenvalue weighted by Crippen LogP contribution is -2.42. The molecule has 0 aromatic heterocycles. The molecule has 1 aliphatic rings. The van der Waals surface area contributed by atoms with Crippen LogP contribution in [0.3, 0.4) is 0 Å². The molecular weight excluding hydrogens is 210 g/mol. The van der Waals surface area contributed by atoms with Gasteiger partial charge in [0, 0.05) is 25.0 Å². The van der Waals surface area contributed by atoms with E-state index in [9.17, 15) is 5.11 Å². The molecule has 1 aromatic rings. The molecule has 1 saturated heterocycles. The normalized spacial score (nSPS) is 19.5. The second kappa shape index (κ2) is 5.19. The van der Waals surface area contributed by atoms with Gasteiger partial charge in [-0.2, -0.15) is 0 Å². The van der Waals surface area contributed by atoms with Crippen LogP contribution >= 0.6 is 0 Å². The number of hydrogen-bond acceptors (Lipinski definition) is 2. The van der Waals surface area contributed by atoms with E-state index < -0.39 is 0 Å². The van der Waals surface area contributed by atoms with Crippen LogP contribution in [0.2, 0.25) is 0 Å². The molecule has 0 aliphatic carbocycles. The van der Waals surface area contributed by atoms with Crippen LogP contribution in [-0.4, -0.2) is 35.7 Å². The molecule has 1 fully saturated rings. The Balaban J connectivity index is 1.98. The maximum Gasteiger partial charge on any atom is 0.0564 e. The van der Waals surface area contributed by atoms with E-state index in [0.717, 1.165) is 32.5 Å². The van der Waals surface area contributed by atoms with Crippen LogP contribution in [-0.2, 0) is 5.41 Å². The number of piperidine rings is 1. The van der Waals surface area contributed by atoms with Gasteiger partial charge in [0.05, 0.1) is 6.10 Å². The third kappa shape index (κ3) is 3.30. The van der Waals surface area contributed by atoms with Gasteiger partial charge in [0.2, 0.25) is 0 Å². The lowest BCUT2D eigenvalue weighted by atomic mass is 9.83. The van der Waals surface area contributed by atoms with Crippen LogP contribution in [0, 0.1) is 0 Å². The molecule has 0 amide bonds. The summed E-state index contributed by atoms with van der Waals surface area (Å²) in [6, 6.07) is 10.7. The van der Waals surface area contributed by atoms with Gasteiger partial charge >= 0.3 is 0 Å². The fourth-order valence-electron chi connectivity index (χ4n) is 2.62. The maximum atomic E-state index is 9.52. The van der Waals surface area contributed by atoms with Crippen molar-refractivity contribution in [2.45, 2.75) is 38.2 Å². The summed E-state index contributed by atoms with van der Waals surface area (Å²) in [5.74, 6) is 0. The van der Waals surface area contributed by atoms with E-state index in [1.165, 1.54) is 5.56 Å². The number of hydrogen-bond donors (Lipinski definition) is 1. The van der Waals surface area contributed by atoms with Gasteiger partial charge < -0.3 is 10.0 Å². The third-order valence-electron chi connectivity index (χ3n) is 3.73. The first-order chi connectivity index (χ1) is 8.08. The molecule has 0 radical (unpaired) electrons. The van der Waals surface area contributed by atoms with E-state index in [1.54, 1.807) is 0 Å². The highest BCUT2D eigenvalue weighted by Crippen LogP contribution is 2.25. The highest BCUT2D eigenvalue weighted by molar-refractivity contribution is 5.23. The van der Waals surface area contributed by atoms with Crippen LogP contribution in [0.4, 0.5) is 0 Å². The summed E-state index contributed by atoms with van der Waals surface area (Å²) >= 11 is 0. The molecule has 2 rings (SSSR count). The van der Waals surface area contributed by atoms with Gasteiger partial charge in [0.25, 0.3) is 0 Å². The standard InChI is InChI=1S/C15H23NO/c1-15(2,13-6-4-3-5-7-13)12-16-10-8-14(17)9-11-16/h3-7,14,17H,8-12H2,1-2H3. The SMILES string of the molecule is CC(C)(CN1CCC(O)CC1)c1ccccc1. The highest BCUT2D eigenvalue weighted by atomic mass is 16.3. The average Bonchev–Trinajstić information content (AvgIpc) is 2.33. The molecule has 0 saturated carbocycles. The third-order valence-corrected chi connectivity index (χ3v) is 3.73. The van der Waals surface area contributed by atoms with Crippen LogP contribution < -0.4 is 0 Å². The van der Waals surface area contributed by atoms with Crippen LogP contribution in [0.15, 0.2) is 30.3 Å². The molecule has 1 heterocycles. The molecule has 94 valence electrons. The van der Waals surface area contributed by atoms with Crippen molar-refractivity contribution >= 4 is 0 Å². The first-order valence-corrected chi connectivity index (χ1v) is 6.54. The van der Waals surface area contributed by atoms with Crippen molar-refractivity contribution in [1.29, 1.82) is 0 Å². The molecule has 17 heavy (non-hydrogen) atoms. The van der Waals surface area contributed by atoms with Gasteiger partial charge in [0.15, 0.2) is 0 Å². The van der Waals surface area contributed by atoms with Gasteiger partial charge in [-0.1, -0.05) is 44.2 Å². The topological polar surface area (TPSA) is 23.5 Å². The zero-order chi connectivity index (χ0) is 12.3. The summed E-state index contributed by atoms with van der Waals surface area (Å²) in [4.78, 5) is 2.47. The van der Waals surface area contributed by atoms with E-state index in [0.29, 0.717) is 0 Å². The molecule has 1 aliphatic heterocycles. The van der Waals surface area contributed by atoms with Crippen molar-refractivity contribution in [2.24, 2.45) is 0 Å². The molecule has 0 unspecified atom stereocenters. The van der Waals surface area contributed by atoms with Crippen molar-refractivity contribution in [3.8, 4) is 0 Å². The van der Waals surface area contributed by atoms with Crippen molar-refractivity contribution in [3.05, 3.63) is 35.9 Å². The molecule has 1 N–H and O–H groups in total. The molecular formula is C15H23NO. The lowest BCUT2D eigenvalue weighted by molar-refractivity contribution is 0.0734. The van der Waals surface area contributed by atoms with Gasteiger partial charge in [-0.15, -0.1) is 0 Å². The van der Waals surface area contributed by atoms with E-state index in [2.05, 4.69) is 49.1 Å². The monoisotopic (exact) mass is 233 g/mol. The minimum absolute atomic E-state index is 0.0777. The number of likely N-dealkylation sites (tertiary alicyclic amines) is 1. The Bertz CT molecular complexity index is 339. The Hall–Kier alpha value is -0.860. The zero-order valence-electron chi connectivity index (χ0n) is 10.9. The predicted octanol–water partition coefficient (Wildman–Crippen LogP) is 2.42. The first-order valence-electron chi connectivity index (χ1n) is 6.54. The summed E-state index contributed by atoms with van der Waals surface area (Å²) < 4.78 is 0. The predicted molar refractivity (Wildman–Crippen MR) is 71.1 cm³/mol. The Morgan fingerprint density at radius 2 is 1.76 bits per heavy atom. The van der Waals surface area contributed by atoms with Gasteiger partial charge in [-0.05, 0) is 18.4 Å². The van der Waals surface area contributed by atoms with Crippen LogP contribution in [0.25, 0.3) is 0 Å². The quantitative estimate of drug-likeness (QED) is 0.866. The summed E-state index contributed by atoms with van der Waals surface area (Å²) in [7, 11) is 0. The molecule has 0 spiro atoms. The molecule has 0 atom stereocenters. The summed E-state index contributed by atoms with van der Waals surface area (Å²) in [6.45, 7) is 7.72. The van der Waals surface area contributed by atoms with Crippen molar-refractivity contribution < 1.29 is 5.11 Å². The average molecular weight is 233 g/mol. The van der Waals surface area contributed by atoms with Crippen LogP contribution in [0.1, 0.15) is 32.3 Å². The number of aliphatic hydroxyl groups excluding tert-OH is 1. The maximum absolute atomic E-state index is 9.52. The summed E-state index contributed by atoms with van der Waals surface area (Å²) in [6.07, 6.45) is 1.77. The summed E-state index contributed by atoms with van der Waals surface area (Å²) in [5, 5.41) is 9.52. The smallest absolute Gasteiger partial charge is 0.0564 e. The van der Waals surface area contributed by atoms with E-state index in [1.807, 2.05) is 0 Å². The molecule has 2 nitrogen and oxygen atoms in total. The first kappa shape index (κ1) is 12.6. The van der Waals surface area contributed by atoms with Crippen LogP contribution in [0.5, 0.6) is 0 Å².